The second-order valence-corrected chi connectivity index (χ2v) is 5.41. The topological polar surface area (TPSA) is 75.4 Å². The lowest BCUT2D eigenvalue weighted by Gasteiger charge is -2.17. The maximum Gasteiger partial charge on any atom is 0.255 e. The molecule has 0 fully saturated rings. The molecule has 20 heavy (non-hydrogen) atoms. The van der Waals surface area contributed by atoms with E-state index in [4.69, 9.17) is 5.73 Å². The summed E-state index contributed by atoms with van der Waals surface area (Å²) in [5.74, 6) is -0.0846. The number of benzene rings is 1. The van der Waals surface area contributed by atoms with Crippen molar-refractivity contribution in [1.29, 1.82) is 0 Å². The van der Waals surface area contributed by atoms with E-state index in [1.165, 1.54) is 4.90 Å². The first kappa shape index (κ1) is 16.2. The number of nitrogens with one attached hydrogen (secondary N) is 1. The van der Waals surface area contributed by atoms with Crippen molar-refractivity contribution in [2.24, 2.45) is 11.7 Å². The summed E-state index contributed by atoms with van der Waals surface area (Å²) in [5.41, 5.74) is 6.88. The Morgan fingerprint density at radius 1 is 1.25 bits per heavy atom. The first-order valence-corrected chi connectivity index (χ1v) is 6.69. The highest BCUT2D eigenvalue weighted by atomic mass is 16.2. The maximum absolute atomic E-state index is 12.0. The fourth-order valence-electron chi connectivity index (χ4n) is 1.67. The standard InChI is InChI=1S/C15H23N3O2/c1-10(2)12(16)9-14(19)17-13-8-6-5-7-11(13)15(20)18(3)4/h5-8,10,12H,9,16H2,1-4H3,(H,17,19). The summed E-state index contributed by atoms with van der Waals surface area (Å²) in [7, 11) is 3.35. The molecular weight excluding hydrogens is 254 g/mol. The summed E-state index contributed by atoms with van der Waals surface area (Å²) >= 11 is 0. The highest BCUT2D eigenvalue weighted by Gasteiger charge is 2.17. The number of hydrogen-bond acceptors (Lipinski definition) is 3. The monoisotopic (exact) mass is 277 g/mol. The molecule has 0 aliphatic rings. The maximum atomic E-state index is 12.0. The smallest absolute Gasteiger partial charge is 0.255 e. The summed E-state index contributed by atoms with van der Waals surface area (Å²) in [4.78, 5) is 25.5. The molecule has 0 saturated heterocycles. The minimum Gasteiger partial charge on any atom is -0.345 e. The van der Waals surface area contributed by atoms with Gasteiger partial charge in [0.2, 0.25) is 5.91 Å². The lowest BCUT2D eigenvalue weighted by Crippen LogP contribution is -2.32. The van der Waals surface area contributed by atoms with Crippen LogP contribution in [0.5, 0.6) is 0 Å². The van der Waals surface area contributed by atoms with Crippen molar-refractivity contribution in [3.05, 3.63) is 29.8 Å². The van der Waals surface area contributed by atoms with Crippen LogP contribution in [-0.4, -0.2) is 36.9 Å². The summed E-state index contributed by atoms with van der Waals surface area (Å²) in [6.07, 6.45) is 0.238. The van der Waals surface area contributed by atoms with Gasteiger partial charge in [0, 0.05) is 26.6 Å². The number of amides is 2. The van der Waals surface area contributed by atoms with Crippen LogP contribution in [0.1, 0.15) is 30.6 Å². The molecule has 0 heterocycles. The molecule has 5 nitrogen and oxygen atoms in total. The van der Waals surface area contributed by atoms with Gasteiger partial charge in [-0.2, -0.15) is 0 Å². The Morgan fingerprint density at radius 2 is 1.85 bits per heavy atom. The van der Waals surface area contributed by atoms with E-state index in [0.717, 1.165) is 0 Å². The van der Waals surface area contributed by atoms with E-state index in [0.29, 0.717) is 11.3 Å². The van der Waals surface area contributed by atoms with Gasteiger partial charge in [0.25, 0.3) is 5.91 Å². The molecule has 1 aromatic rings. The average molecular weight is 277 g/mol. The van der Waals surface area contributed by atoms with Gasteiger partial charge in [-0.15, -0.1) is 0 Å². The molecule has 0 bridgehead atoms. The SMILES string of the molecule is CC(C)C(N)CC(=O)Nc1ccccc1C(=O)N(C)C. The molecule has 0 saturated carbocycles. The highest BCUT2D eigenvalue weighted by molar-refractivity contribution is 6.03. The van der Waals surface area contributed by atoms with Crippen LogP contribution in [-0.2, 0) is 4.79 Å². The van der Waals surface area contributed by atoms with Gasteiger partial charge in [0.1, 0.15) is 0 Å². The molecule has 3 N–H and O–H groups in total. The second-order valence-electron chi connectivity index (χ2n) is 5.41. The number of carbonyl (C=O) groups is 2. The Labute approximate surface area is 120 Å². The number of para-hydroxylation sites is 1. The first-order valence-electron chi connectivity index (χ1n) is 6.69. The molecule has 110 valence electrons. The third-order valence-electron chi connectivity index (χ3n) is 3.12. The molecule has 0 aliphatic heterocycles. The van der Waals surface area contributed by atoms with Crippen LogP contribution in [0, 0.1) is 5.92 Å². The van der Waals surface area contributed by atoms with Gasteiger partial charge in [0.05, 0.1) is 11.3 Å². The number of nitrogens with two attached hydrogens (primary N) is 1. The third-order valence-corrected chi connectivity index (χ3v) is 3.12. The van der Waals surface area contributed by atoms with Crippen LogP contribution < -0.4 is 11.1 Å². The Hall–Kier alpha value is -1.88. The number of anilines is 1. The summed E-state index contributed by atoms with van der Waals surface area (Å²) in [5, 5.41) is 2.77. The van der Waals surface area contributed by atoms with Crippen molar-refractivity contribution in [1.82, 2.24) is 4.90 Å². The molecular formula is C15H23N3O2. The van der Waals surface area contributed by atoms with Crippen molar-refractivity contribution in [3.63, 3.8) is 0 Å². The molecule has 1 rings (SSSR count). The zero-order valence-corrected chi connectivity index (χ0v) is 12.5. The van der Waals surface area contributed by atoms with Crippen LogP contribution in [0.25, 0.3) is 0 Å². The van der Waals surface area contributed by atoms with Crippen molar-refractivity contribution < 1.29 is 9.59 Å². The van der Waals surface area contributed by atoms with E-state index in [-0.39, 0.29) is 30.2 Å². The van der Waals surface area contributed by atoms with E-state index in [1.807, 2.05) is 13.8 Å². The molecule has 5 heteroatoms. The lowest BCUT2D eigenvalue weighted by molar-refractivity contribution is -0.116. The predicted molar refractivity (Wildman–Crippen MR) is 80.5 cm³/mol. The van der Waals surface area contributed by atoms with Gasteiger partial charge in [-0.05, 0) is 18.1 Å². The van der Waals surface area contributed by atoms with Gasteiger partial charge < -0.3 is 16.0 Å². The Bertz CT molecular complexity index is 484. The molecule has 1 atom stereocenters. The normalized spacial score (nSPS) is 12.1. The Morgan fingerprint density at radius 3 is 2.40 bits per heavy atom. The number of hydrogen-bond donors (Lipinski definition) is 2. The zero-order valence-electron chi connectivity index (χ0n) is 12.5. The van der Waals surface area contributed by atoms with Crippen LogP contribution in [0.3, 0.4) is 0 Å². The van der Waals surface area contributed by atoms with Crippen molar-refractivity contribution >= 4 is 17.5 Å². The van der Waals surface area contributed by atoms with Crippen LogP contribution in [0.2, 0.25) is 0 Å². The molecule has 1 aromatic carbocycles. The van der Waals surface area contributed by atoms with Gasteiger partial charge in [-0.25, -0.2) is 0 Å². The quantitative estimate of drug-likeness (QED) is 0.860. The van der Waals surface area contributed by atoms with Crippen molar-refractivity contribution in [3.8, 4) is 0 Å². The van der Waals surface area contributed by atoms with Crippen molar-refractivity contribution in [2.45, 2.75) is 26.3 Å². The van der Waals surface area contributed by atoms with Crippen LogP contribution in [0.4, 0.5) is 5.69 Å². The highest BCUT2D eigenvalue weighted by Crippen LogP contribution is 2.17. The van der Waals surface area contributed by atoms with Gasteiger partial charge in [-0.1, -0.05) is 26.0 Å². The van der Waals surface area contributed by atoms with E-state index in [9.17, 15) is 9.59 Å². The molecule has 0 aliphatic carbocycles. The van der Waals surface area contributed by atoms with Crippen LogP contribution >= 0.6 is 0 Å². The predicted octanol–water partition coefficient (Wildman–Crippen LogP) is 1.70. The van der Waals surface area contributed by atoms with Gasteiger partial charge in [-0.3, -0.25) is 9.59 Å². The molecule has 1 unspecified atom stereocenters. The average Bonchev–Trinajstić information content (AvgIpc) is 2.38. The van der Waals surface area contributed by atoms with Gasteiger partial charge in [0.15, 0.2) is 0 Å². The summed E-state index contributed by atoms with van der Waals surface area (Å²) in [6, 6.07) is 6.78. The fourth-order valence-corrected chi connectivity index (χ4v) is 1.67. The number of nitrogens with zero attached hydrogens (tertiary/aromatic N) is 1. The van der Waals surface area contributed by atoms with E-state index >= 15 is 0 Å². The summed E-state index contributed by atoms with van der Waals surface area (Å²) < 4.78 is 0. The van der Waals surface area contributed by atoms with E-state index in [2.05, 4.69) is 5.32 Å². The molecule has 0 aromatic heterocycles. The Balaban J connectivity index is 2.83. The van der Waals surface area contributed by atoms with Crippen molar-refractivity contribution in [2.75, 3.05) is 19.4 Å². The molecule has 2 amide bonds. The minimum atomic E-state index is -0.188. The van der Waals surface area contributed by atoms with E-state index in [1.54, 1.807) is 38.4 Å². The Kier molecular flexibility index (Phi) is 5.70. The first-order chi connectivity index (χ1) is 9.32. The van der Waals surface area contributed by atoms with Crippen LogP contribution in [0.15, 0.2) is 24.3 Å². The number of carbonyl (C=O) groups excluding carboxylic acids is 2. The lowest BCUT2D eigenvalue weighted by atomic mass is 10.0. The molecule has 0 spiro atoms. The molecule has 0 radical (unpaired) electrons. The largest absolute Gasteiger partial charge is 0.345 e. The summed E-state index contributed by atoms with van der Waals surface area (Å²) in [6.45, 7) is 3.95. The number of rotatable bonds is 5. The minimum absolute atomic E-state index is 0.144. The third kappa shape index (κ3) is 4.35. The van der Waals surface area contributed by atoms with E-state index < -0.39 is 0 Å². The fraction of sp³-hybridized carbons (Fsp3) is 0.467. The second kappa shape index (κ2) is 7.05. The zero-order chi connectivity index (χ0) is 15.3. The van der Waals surface area contributed by atoms with Gasteiger partial charge >= 0.3 is 0 Å².